The van der Waals surface area contributed by atoms with Gasteiger partial charge in [-0.25, -0.2) is 4.98 Å². The van der Waals surface area contributed by atoms with Crippen molar-refractivity contribution < 1.29 is 19.0 Å². The molecule has 1 fully saturated rings. The number of hydrogen-bond acceptors (Lipinski definition) is 7. The third kappa shape index (κ3) is 3.01. The molecule has 3 aromatic rings. The number of imidazole rings is 1. The molecule has 2 N–H and O–H groups in total. The normalized spacial score (nSPS) is 17.4. The molecule has 1 unspecified atom stereocenters. The van der Waals surface area contributed by atoms with Crippen LogP contribution >= 0.6 is 0 Å². The summed E-state index contributed by atoms with van der Waals surface area (Å²) in [5, 5.41) is 12.9. The van der Waals surface area contributed by atoms with E-state index in [0.29, 0.717) is 29.2 Å². The number of phenols is 1. The van der Waals surface area contributed by atoms with Crippen molar-refractivity contribution in [1.82, 2.24) is 19.5 Å². The second-order valence-corrected chi connectivity index (χ2v) is 6.00. The van der Waals surface area contributed by atoms with Crippen molar-refractivity contribution in [3.05, 3.63) is 30.6 Å². The van der Waals surface area contributed by atoms with Gasteiger partial charge in [0.25, 0.3) is 0 Å². The van der Waals surface area contributed by atoms with Crippen molar-refractivity contribution in [2.24, 2.45) is 0 Å². The highest BCUT2D eigenvalue weighted by Gasteiger charge is 2.21. The van der Waals surface area contributed by atoms with Crippen LogP contribution in [0.1, 0.15) is 25.5 Å². The minimum absolute atomic E-state index is 0.0376. The van der Waals surface area contributed by atoms with Crippen LogP contribution < -0.4 is 10.1 Å². The molecule has 0 aliphatic carbocycles. The molecular weight excluding hydrogens is 341 g/mol. The number of methoxy groups -OCH3 is 1. The molecule has 0 saturated carbocycles. The number of halogens is 1. The molecule has 2 aromatic heterocycles. The maximum Gasteiger partial charge on any atom is 0.312 e. The molecule has 3 heterocycles. The van der Waals surface area contributed by atoms with Crippen LogP contribution in [0.15, 0.2) is 24.5 Å². The van der Waals surface area contributed by atoms with Gasteiger partial charge in [-0.05, 0) is 31.4 Å². The quantitative estimate of drug-likeness (QED) is 0.691. The molecule has 0 bridgehead atoms. The Bertz CT molecular complexity index is 940. The van der Waals surface area contributed by atoms with E-state index in [-0.39, 0.29) is 17.8 Å². The summed E-state index contributed by atoms with van der Waals surface area (Å²) in [6.45, 7) is 0.661. The average Bonchev–Trinajstić information content (AvgIpc) is 3.06. The standard InChI is InChI=1S/C17H18FN5O3/c1-25-12-6-5-10(8-11(12)24)20-15-14-16(22-17(18)21-15)23(9-19-14)13-4-2-3-7-26-13/h5-6,8-9,13,24H,2-4,7H2,1H3,(H,20,21,22). The van der Waals surface area contributed by atoms with Crippen molar-refractivity contribution in [2.75, 3.05) is 19.0 Å². The minimum atomic E-state index is -0.865. The third-order valence-electron chi connectivity index (χ3n) is 4.30. The summed E-state index contributed by atoms with van der Waals surface area (Å²) in [4.78, 5) is 12.0. The lowest BCUT2D eigenvalue weighted by Crippen LogP contribution is -2.18. The first-order valence-corrected chi connectivity index (χ1v) is 8.31. The number of phenolic OH excluding ortho intramolecular Hbond substituents is 1. The lowest BCUT2D eigenvalue weighted by atomic mass is 10.2. The molecule has 1 aliphatic rings. The fourth-order valence-electron chi connectivity index (χ4n) is 3.04. The highest BCUT2D eigenvalue weighted by Crippen LogP contribution is 2.32. The van der Waals surface area contributed by atoms with Gasteiger partial charge in [0, 0.05) is 18.4 Å². The van der Waals surface area contributed by atoms with Gasteiger partial charge in [0.15, 0.2) is 28.5 Å². The molecular formula is C17H18FN5O3. The number of aromatic hydroxyl groups is 1. The zero-order valence-electron chi connectivity index (χ0n) is 14.1. The van der Waals surface area contributed by atoms with Crippen LogP contribution in [0.4, 0.5) is 15.9 Å². The molecule has 0 amide bonds. The first kappa shape index (κ1) is 16.5. The number of fused-ring (bicyclic) bond motifs is 1. The molecule has 136 valence electrons. The molecule has 26 heavy (non-hydrogen) atoms. The first-order valence-electron chi connectivity index (χ1n) is 8.31. The highest BCUT2D eigenvalue weighted by molar-refractivity contribution is 5.85. The SMILES string of the molecule is COc1ccc(Nc2nc(F)nc3c2ncn3C2CCCCO2)cc1O. The van der Waals surface area contributed by atoms with E-state index in [1.807, 2.05) is 0 Å². The van der Waals surface area contributed by atoms with E-state index in [1.165, 1.54) is 13.2 Å². The van der Waals surface area contributed by atoms with E-state index < -0.39 is 6.08 Å². The van der Waals surface area contributed by atoms with Gasteiger partial charge in [-0.3, -0.25) is 4.57 Å². The molecule has 1 aromatic carbocycles. The maximum absolute atomic E-state index is 14.0. The molecule has 0 radical (unpaired) electrons. The van der Waals surface area contributed by atoms with E-state index in [1.54, 1.807) is 23.0 Å². The van der Waals surface area contributed by atoms with Crippen LogP contribution in [0.25, 0.3) is 11.2 Å². The van der Waals surface area contributed by atoms with Crippen LogP contribution in [0.3, 0.4) is 0 Å². The Hall–Kier alpha value is -2.94. The summed E-state index contributed by atoms with van der Waals surface area (Å²) in [5.74, 6) is 0.518. The number of aromatic nitrogens is 4. The maximum atomic E-state index is 14.0. The number of nitrogens with zero attached hydrogens (tertiary/aromatic N) is 4. The Morgan fingerprint density at radius 2 is 2.23 bits per heavy atom. The van der Waals surface area contributed by atoms with Gasteiger partial charge < -0.3 is 19.9 Å². The van der Waals surface area contributed by atoms with Gasteiger partial charge in [-0.2, -0.15) is 14.4 Å². The molecule has 4 rings (SSSR count). The van der Waals surface area contributed by atoms with Crippen molar-refractivity contribution in [3.8, 4) is 11.5 Å². The highest BCUT2D eigenvalue weighted by atomic mass is 19.1. The van der Waals surface area contributed by atoms with Gasteiger partial charge in [0.1, 0.15) is 6.23 Å². The first-order chi connectivity index (χ1) is 12.7. The summed E-state index contributed by atoms with van der Waals surface area (Å²) in [5.41, 5.74) is 1.31. The topological polar surface area (TPSA) is 94.3 Å². The lowest BCUT2D eigenvalue weighted by molar-refractivity contribution is -0.0298. The third-order valence-corrected chi connectivity index (χ3v) is 4.30. The summed E-state index contributed by atoms with van der Waals surface area (Å²) >= 11 is 0. The van der Waals surface area contributed by atoms with Gasteiger partial charge >= 0.3 is 6.08 Å². The van der Waals surface area contributed by atoms with Crippen LogP contribution in [0.2, 0.25) is 0 Å². The second-order valence-electron chi connectivity index (χ2n) is 6.00. The number of ether oxygens (including phenoxy) is 2. The van der Waals surface area contributed by atoms with Crippen molar-refractivity contribution in [2.45, 2.75) is 25.5 Å². The summed E-state index contributed by atoms with van der Waals surface area (Å²) < 4.78 is 26.5. The number of rotatable bonds is 4. The molecule has 0 spiro atoms. The molecule has 1 saturated heterocycles. The lowest BCUT2D eigenvalue weighted by Gasteiger charge is -2.23. The second kappa shape index (κ2) is 6.75. The molecule has 1 aliphatic heterocycles. The van der Waals surface area contributed by atoms with E-state index >= 15 is 0 Å². The van der Waals surface area contributed by atoms with Crippen molar-refractivity contribution >= 4 is 22.7 Å². The van der Waals surface area contributed by atoms with Crippen LogP contribution in [-0.4, -0.2) is 38.3 Å². The Kier molecular flexibility index (Phi) is 4.29. The largest absolute Gasteiger partial charge is 0.504 e. The number of anilines is 2. The van der Waals surface area contributed by atoms with E-state index in [2.05, 4.69) is 20.3 Å². The fourth-order valence-corrected chi connectivity index (χ4v) is 3.04. The van der Waals surface area contributed by atoms with E-state index in [4.69, 9.17) is 9.47 Å². The van der Waals surface area contributed by atoms with Crippen molar-refractivity contribution in [3.63, 3.8) is 0 Å². The van der Waals surface area contributed by atoms with Crippen LogP contribution in [0.5, 0.6) is 11.5 Å². The number of nitrogens with one attached hydrogen (secondary N) is 1. The summed E-state index contributed by atoms with van der Waals surface area (Å²) in [6.07, 6.45) is 3.39. The summed E-state index contributed by atoms with van der Waals surface area (Å²) in [7, 11) is 1.46. The average molecular weight is 359 g/mol. The molecule has 9 heteroatoms. The van der Waals surface area contributed by atoms with Crippen molar-refractivity contribution in [1.29, 1.82) is 0 Å². The molecule has 1 atom stereocenters. The Morgan fingerprint density at radius 1 is 1.35 bits per heavy atom. The zero-order chi connectivity index (χ0) is 18.1. The monoisotopic (exact) mass is 359 g/mol. The predicted molar refractivity (Wildman–Crippen MR) is 92.1 cm³/mol. The Labute approximate surface area is 148 Å². The smallest absolute Gasteiger partial charge is 0.312 e. The summed E-state index contributed by atoms with van der Waals surface area (Å²) in [6, 6.07) is 4.75. The number of benzene rings is 1. The van der Waals surface area contributed by atoms with E-state index in [9.17, 15) is 9.50 Å². The molecule has 8 nitrogen and oxygen atoms in total. The van der Waals surface area contributed by atoms with E-state index in [0.717, 1.165) is 19.3 Å². The van der Waals surface area contributed by atoms with Gasteiger partial charge in [0.2, 0.25) is 0 Å². The van der Waals surface area contributed by atoms with Gasteiger partial charge in [-0.1, -0.05) is 0 Å². The van der Waals surface area contributed by atoms with Gasteiger partial charge in [0.05, 0.1) is 13.4 Å². The van der Waals surface area contributed by atoms with Crippen LogP contribution in [-0.2, 0) is 4.74 Å². The predicted octanol–water partition coefficient (Wildman–Crippen LogP) is 3.12. The minimum Gasteiger partial charge on any atom is -0.504 e. The zero-order valence-corrected chi connectivity index (χ0v) is 14.1. The number of hydrogen-bond donors (Lipinski definition) is 2. The fraction of sp³-hybridized carbons (Fsp3) is 0.353. The van der Waals surface area contributed by atoms with Crippen LogP contribution in [0, 0.1) is 6.08 Å². The Morgan fingerprint density at radius 3 is 2.96 bits per heavy atom. The Balaban J connectivity index is 1.71. The van der Waals surface area contributed by atoms with Gasteiger partial charge in [-0.15, -0.1) is 0 Å².